The van der Waals surface area contributed by atoms with E-state index in [1.54, 1.807) is 16.9 Å². The SMILES string of the molecule is CCOc1ccc(-n2nc3ccc(NC(=S)NC(=O)CSc4ccc(Cl)cc4)cc3n2)cc1. The molecule has 168 valence electrons. The number of thioether (sulfide) groups is 1. The first-order valence-corrected chi connectivity index (χ1v) is 11.9. The minimum Gasteiger partial charge on any atom is -0.494 e. The number of ether oxygens (including phenoxy) is 1. The van der Waals surface area contributed by atoms with Gasteiger partial charge in [0, 0.05) is 15.6 Å². The molecule has 0 fully saturated rings. The number of thiocarbonyl (C=S) groups is 1. The molecule has 0 bridgehead atoms. The maximum absolute atomic E-state index is 12.2. The van der Waals surface area contributed by atoms with Crippen molar-refractivity contribution in [3.8, 4) is 11.4 Å². The largest absolute Gasteiger partial charge is 0.494 e. The normalized spacial score (nSPS) is 10.7. The average Bonchev–Trinajstić information content (AvgIpc) is 3.23. The van der Waals surface area contributed by atoms with Crippen molar-refractivity contribution in [3.05, 3.63) is 71.8 Å². The molecule has 3 aromatic carbocycles. The Morgan fingerprint density at radius 2 is 1.79 bits per heavy atom. The van der Waals surface area contributed by atoms with E-state index in [1.807, 2.05) is 61.5 Å². The molecule has 4 rings (SSSR count). The summed E-state index contributed by atoms with van der Waals surface area (Å²) >= 11 is 12.6. The first-order chi connectivity index (χ1) is 16.0. The Balaban J connectivity index is 1.35. The number of benzene rings is 3. The second-order valence-electron chi connectivity index (χ2n) is 6.86. The highest BCUT2D eigenvalue weighted by Crippen LogP contribution is 2.21. The van der Waals surface area contributed by atoms with Crippen LogP contribution in [-0.2, 0) is 4.79 Å². The molecule has 1 heterocycles. The van der Waals surface area contributed by atoms with Gasteiger partial charge in [-0.05, 0) is 85.9 Å². The molecule has 0 radical (unpaired) electrons. The summed E-state index contributed by atoms with van der Waals surface area (Å²) in [6.45, 7) is 2.56. The molecule has 2 N–H and O–H groups in total. The third-order valence-electron chi connectivity index (χ3n) is 4.45. The van der Waals surface area contributed by atoms with Crippen molar-refractivity contribution < 1.29 is 9.53 Å². The average molecular weight is 498 g/mol. The molecule has 0 spiro atoms. The molecule has 0 atom stereocenters. The maximum Gasteiger partial charge on any atom is 0.236 e. The van der Waals surface area contributed by atoms with E-state index in [0.717, 1.165) is 21.8 Å². The van der Waals surface area contributed by atoms with Crippen LogP contribution in [0.15, 0.2) is 71.6 Å². The highest BCUT2D eigenvalue weighted by atomic mass is 35.5. The molecule has 0 aliphatic heterocycles. The van der Waals surface area contributed by atoms with Gasteiger partial charge in [0.15, 0.2) is 5.11 Å². The quantitative estimate of drug-likeness (QED) is 0.272. The van der Waals surface area contributed by atoms with Gasteiger partial charge in [-0.15, -0.1) is 22.0 Å². The van der Waals surface area contributed by atoms with Crippen LogP contribution in [-0.4, -0.2) is 38.4 Å². The second kappa shape index (κ2) is 10.7. The number of halogens is 1. The summed E-state index contributed by atoms with van der Waals surface area (Å²) in [5, 5.41) is 15.6. The van der Waals surface area contributed by atoms with Crippen molar-refractivity contribution in [3.63, 3.8) is 0 Å². The van der Waals surface area contributed by atoms with Crippen LogP contribution in [0.3, 0.4) is 0 Å². The van der Waals surface area contributed by atoms with Gasteiger partial charge in [-0.1, -0.05) is 11.6 Å². The third kappa shape index (κ3) is 6.22. The van der Waals surface area contributed by atoms with Gasteiger partial charge in [0.2, 0.25) is 5.91 Å². The van der Waals surface area contributed by atoms with E-state index in [9.17, 15) is 4.79 Å². The topological polar surface area (TPSA) is 81.1 Å². The van der Waals surface area contributed by atoms with E-state index >= 15 is 0 Å². The summed E-state index contributed by atoms with van der Waals surface area (Å²) in [5.41, 5.74) is 2.96. The number of anilines is 1. The van der Waals surface area contributed by atoms with Crippen LogP contribution in [0.4, 0.5) is 5.69 Å². The van der Waals surface area contributed by atoms with Crippen molar-refractivity contribution in [1.29, 1.82) is 0 Å². The number of aromatic nitrogens is 3. The molecule has 10 heteroatoms. The fraction of sp³-hybridized carbons (Fsp3) is 0.130. The lowest BCUT2D eigenvalue weighted by Crippen LogP contribution is -2.35. The smallest absolute Gasteiger partial charge is 0.236 e. The van der Waals surface area contributed by atoms with E-state index in [4.69, 9.17) is 28.6 Å². The Morgan fingerprint density at radius 1 is 1.06 bits per heavy atom. The van der Waals surface area contributed by atoms with E-state index in [0.29, 0.717) is 22.8 Å². The second-order valence-corrected chi connectivity index (χ2v) is 8.76. The van der Waals surface area contributed by atoms with Gasteiger partial charge in [-0.3, -0.25) is 4.79 Å². The molecule has 33 heavy (non-hydrogen) atoms. The van der Waals surface area contributed by atoms with Crippen molar-refractivity contribution in [1.82, 2.24) is 20.3 Å². The molecule has 0 aliphatic carbocycles. The zero-order chi connectivity index (χ0) is 23.2. The van der Waals surface area contributed by atoms with Gasteiger partial charge in [-0.25, -0.2) is 0 Å². The number of nitrogens with one attached hydrogen (secondary N) is 2. The van der Waals surface area contributed by atoms with E-state index < -0.39 is 0 Å². The van der Waals surface area contributed by atoms with Crippen LogP contribution in [0.5, 0.6) is 5.75 Å². The molecule has 7 nitrogen and oxygen atoms in total. The summed E-state index contributed by atoms with van der Waals surface area (Å²) in [6.07, 6.45) is 0. The molecule has 4 aromatic rings. The first kappa shape index (κ1) is 23.0. The summed E-state index contributed by atoms with van der Waals surface area (Å²) in [5.74, 6) is 0.834. The Labute approximate surface area is 205 Å². The van der Waals surface area contributed by atoms with Crippen LogP contribution >= 0.6 is 35.6 Å². The monoisotopic (exact) mass is 497 g/mol. The Kier molecular flexibility index (Phi) is 7.43. The van der Waals surface area contributed by atoms with Gasteiger partial charge in [0.25, 0.3) is 0 Å². The zero-order valence-corrected chi connectivity index (χ0v) is 20.0. The standard InChI is InChI=1S/C23H20ClN5O2S2/c1-2-31-18-8-6-17(7-9-18)29-27-20-12-5-16(13-21(20)28-29)25-23(32)26-22(30)14-33-19-10-3-15(24)4-11-19/h3-13H,2,14H2,1H3,(H2,25,26,30,32). The number of carbonyl (C=O) groups is 1. The van der Waals surface area contributed by atoms with E-state index in [2.05, 4.69) is 20.8 Å². The minimum atomic E-state index is -0.199. The van der Waals surface area contributed by atoms with Crippen LogP contribution in [0.25, 0.3) is 16.7 Å². The summed E-state index contributed by atoms with van der Waals surface area (Å²) in [7, 11) is 0. The van der Waals surface area contributed by atoms with Crippen molar-refractivity contribution in [2.45, 2.75) is 11.8 Å². The molecule has 1 amide bonds. The fourth-order valence-corrected chi connectivity index (χ4v) is 4.01. The van der Waals surface area contributed by atoms with Gasteiger partial charge >= 0.3 is 0 Å². The minimum absolute atomic E-state index is 0.199. The maximum atomic E-state index is 12.2. The van der Waals surface area contributed by atoms with Crippen molar-refractivity contribution in [2.24, 2.45) is 0 Å². The molecule has 1 aromatic heterocycles. The molecule has 0 unspecified atom stereocenters. The first-order valence-electron chi connectivity index (χ1n) is 10.1. The van der Waals surface area contributed by atoms with Crippen molar-refractivity contribution in [2.75, 3.05) is 17.7 Å². The van der Waals surface area contributed by atoms with Gasteiger partial charge < -0.3 is 15.4 Å². The summed E-state index contributed by atoms with van der Waals surface area (Å²) < 4.78 is 5.47. The molecular weight excluding hydrogens is 478 g/mol. The number of carbonyl (C=O) groups excluding carboxylic acids is 1. The van der Waals surface area contributed by atoms with Crippen LogP contribution in [0.2, 0.25) is 5.02 Å². The summed E-state index contributed by atoms with van der Waals surface area (Å²) in [6, 6.07) is 20.4. The Bertz CT molecular complexity index is 1280. The number of fused-ring (bicyclic) bond motifs is 1. The zero-order valence-electron chi connectivity index (χ0n) is 17.6. The van der Waals surface area contributed by atoms with E-state index in [-0.39, 0.29) is 16.8 Å². The lowest BCUT2D eigenvalue weighted by molar-refractivity contribution is -0.117. The van der Waals surface area contributed by atoms with E-state index in [1.165, 1.54) is 11.8 Å². The molecule has 0 saturated heterocycles. The van der Waals surface area contributed by atoms with Crippen molar-refractivity contribution >= 4 is 63.3 Å². The van der Waals surface area contributed by atoms with Gasteiger partial charge in [0.05, 0.1) is 18.0 Å². The highest BCUT2D eigenvalue weighted by Gasteiger charge is 2.09. The molecular formula is C23H20ClN5O2S2. The van der Waals surface area contributed by atoms with Crippen LogP contribution < -0.4 is 15.4 Å². The van der Waals surface area contributed by atoms with Crippen LogP contribution in [0, 0.1) is 0 Å². The fourth-order valence-electron chi connectivity index (χ4n) is 2.95. The predicted molar refractivity (Wildman–Crippen MR) is 137 cm³/mol. The summed E-state index contributed by atoms with van der Waals surface area (Å²) in [4.78, 5) is 14.7. The Morgan fingerprint density at radius 3 is 2.52 bits per heavy atom. The number of amides is 1. The lowest BCUT2D eigenvalue weighted by atomic mass is 10.3. The predicted octanol–water partition coefficient (Wildman–Crippen LogP) is 5.08. The molecule has 0 aliphatic rings. The third-order valence-corrected chi connectivity index (χ3v) is 5.92. The van der Waals surface area contributed by atoms with Gasteiger partial charge in [-0.2, -0.15) is 4.80 Å². The number of nitrogens with zero attached hydrogens (tertiary/aromatic N) is 3. The van der Waals surface area contributed by atoms with Crippen LogP contribution in [0.1, 0.15) is 6.92 Å². The molecule has 0 saturated carbocycles. The lowest BCUT2D eigenvalue weighted by Gasteiger charge is -2.09. The number of hydrogen-bond acceptors (Lipinski definition) is 6. The highest BCUT2D eigenvalue weighted by molar-refractivity contribution is 8.00. The number of rotatable bonds is 7. The number of hydrogen-bond donors (Lipinski definition) is 2. The Hall–Kier alpha value is -3.14. The van der Waals surface area contributed by atoms with Gasteiger partial charge in [0.1, 0.15) is 16.8 Å².